The lowest BCUT2D eigenvalue weighted by molar-refractivity contribution is 0.313. The number of hydrogen-bond acceptors (Lipinski definition) is 8. The molecule has 2 fully saturated rings. The van der Waals surface area contributed by atoms with E-state index in [1.807, 2.05) is 12.1 Å². The van der Waals surface area contributed by atoms with Crippen LogP contribution in [0.2, 0.25) is 5.02 Å². The molecule has 2 aromatic heterocycles. The van der Waals surface area contributed by atoms with Gasteiger partial charge in [0.25, 0.3) is 5.56 Å². The van der Waals surface area contributed by atoms with Crippen LogP contribution in [0.3, 0.4) is 0 Å². The highest BCUT2D eigenvalue weighted by molar-refractivity contribution is 7.91. The second-order valence-corrected chi connectivity index (χ2v) is 12.9. The SMILES string of the molecule is CN1CCN(c2ccc(Nc3ncc4cc(S(=O)(=O)c5ccc(Cl)cc5)c(=O)n(C5CCCC5)c4n3)cc2)CC1. The fourth-order valence-electron chi connectivity index (χ4n) is 5.54. The van der Waals surface area contributed by atoms with Crippen LogP contribution >= 0.6 is 11.6 Å². The number of fused-ring (bicyclic) bond motifs is 1. The number of likely N-dealkylation sites (N-methyl/N-ethyl adjacent to an activating group) is 1. The van der Waals surface area contributed by atoms with Crippen molar-refractivity contribution in [3.8, 4) is 0 Å². The monoisotopic (exact) mass is 578 g/mol. The van der Waals surface area contributed by atoms with Gasteiger partial charge in [-0.15, -0.1) is 0 Å². The molecule has 1 saturated heterocycles. The maximum absolute atomic E-state index is 13.8. The molecule has 2 aliphatic rings. The summed E-state index contributed by atoms with van der Waals surface area (Å²) in [5.41, 5.74) is 1.87. The lowest BCUT2D eigenvalue weighted by atomic mass is 10.2. The van der Waals surface area contributed by atoms with E-state index < -0.39 is 15.4 Å². The zero-order chi connectivity index (χ0) is 27.9. The van der Waals surface area contributed by atoms with Crippen molar-refractivity contribution in [3.63, 3.8) is 0 Å². The van der Waals surface area contributed by atoms with E-state index in [0.29, 0.717) is 22.0 Å². The Morgan fingerprint density at radius 2 is 1.62 bits per heavy atom. The Hall–Kier alpha value is -3.47. The molecule has 1 N–H and O–H groups in total. The van der Waals surface area contributed by atoms with Crippen LogP contribution < -0.4 is 15.8 Å². The second kappa shape index (κ2) is 10.8. The van der Waals surface area contributed by atoms with E-state index in [9.17, 15) is 13.2 Å². The van der Waals surface area contributed by atoms with Gasteiger partial charge in [0.1, 0.15) is 10.5 Å². The molecule has 2 aromatic carbocycles. The van der Waals surface area contributed by atoms with E-state index in [4.69, 9.17) is 16.6 Å². The van der Waals surface area contributed by atoms with Gasteiger partial charge in [-0.1, -0.05) is 24.4 Å². The Morgan fingerprint density at radius 3 is 2.30 bits per heavy atom. The van der Waals surface area contributed by atoms with Crippen LogP contribution in [0.25, 0.3) is 11.0 Å². The highest BCUT2D eigenvalue weighted by atomic mass is 35.5. The lowest BCUT2D eigenvalue weighted by Crippen LogP contribution is -2.44. The van der Waals surface area contributed by atoms with Crippen molar-refractivity contribution in [2.45, 2.75) is 41.5 Å². The number of piperazine rings is 1. The minimum atomic E-state index is -4.07. The molecule has 1 aliphatic carbocycles. The van der Waals surface area contributed by atoms with Crippen LogP contribution in [0.5, 0.6) is 0 Å². The van der Waals surface area contributed by atoms with Gasteiger partial charge in [0.05, 0.1) is 4.90 Å². The van der Waals surface area contributed by atoms with Crippen molar-refractivity contribution in [3.05, 3.63) is 76.2 Å². The third-order valence-electron chi connectivity index (χ3n) is 7.84. The highest BCUT2D eigenvalue weighted by Crippen LogP contribution is 2.32. The smallest absolute Gasteiger partial charge is 0.271 e. The first-order valence-corrected chi connectivity index (χ1v) is 15.4. The standard InChI is InChI=1S/C29H31ClN6O3S/c1-34-14-16-35(17-15-34)23-10-8-22(9-11-23)32-29-31-19-20-18-26(40(38,39)25-12-6-21(30)7-13-25)28(37)36(27(20)33-29)24-4-2-3-5-24/h6-13,18-19,24H,2-5,14-17H2,1H3,(H,31,32,33). The van der Waals surface area contributed by atoms with Gasteiger partial charge < -0.3 is 15.1 Å². The van der Waals surface area contributed by atoms with Crippen LogP contribution in [-0.2, 0) is 9.84 Å². The van der Waals surface area contributed by atoms with Gasteiger partial charge in [-0.3, -0.25) is 9.36 Å². The van der Waals surface area contributed by atoms with Crippen molar-refractivity contribution in [2.24, 2.45) is 0 Å². The zero-order valence-electron chi connectivity index (χ0n) is 22.3. The second-order valence-electron chi connectivity index (χ2n) is 10.5. The highest BCUT2D eigenvalue weighted by Gasteiger charge is 2.28. The molecule has 40 heavy (non-hydrogen) atoms. The molecular weight excluding hydrogens is 548 g/mol. The molecule has 0 radical (unpaired) electrons. The van der Waals surface area contributed by atoms with E-state index in [1.54, 1.807) is 10.8 Å². The summed E-state index contributed by atoms with van der Waals surface area (Å²) in [6.45, 7) is 4.06. The van der Waals surface area contributed by atoms with Crippen LogP contribution in [-0.4, -0.2) is 61.1 Å². The molecule has 0 unspecified atom stereocenters. The molecule has 1 aliphatic heterocycles. The summed E-state index contributed by atoms with van der Waals surface area (Å²) in [5, 5.41) is 4.17. The molecule has 208 valence electrons. The topological polar surface area (TPSA) is 100 Å². The summed E-state index contributed by atoms with van der Waals surface area (Å²) >= 11 is 5.96. The fraction of sp³-hybridized carbons (Fsp3) is 0.345. The summed E-state index contributed by atoms with van der Waals surface area (Å²) < 4.78 is 28.6. The van der Waals surface area contributed by atoms with Gasteiger partial charge in [-0.2, -0.15) is 4.98 Å². The number of nitrogens with one attached hydrogen (secondary N) is 1. The number of sulfone groups is 1. The Morgan fingerprint density at radius 1 is 0.950 bits per heavy atom. The first-order chi connectivity index (χ1) is 19.3. The Bertz CT molecular complexity index is 1690. The molecule has 0 bridgehead atoms. The molecule has 0 spiro atoms. The van der Waals surface area contributed by atoms with Gasteiger partial charge in [-0.05, 0) is 74.5 Å². The van der Waals surface area contributed by atoms with Crippen LogP contribution in [0.1, 0.15) is 31.7 Å². The average molecular weight is 579 g/mol. The Labute approximate surface area is 238 Å². The molecule has 0 atom stereocenters. The zero-order valence-corrected chi connectivity index (χ0v) is 23.8. The van der Waals surface area contributed by atoms with Crippen molar-refractivity contribution < 1.29 is 8.42 Å². The molecular formula is C29H31ClN6O3S. The first kappa shape index (κ1) is 26.7. The van der Waals surface area contributed by atoms with Crippen LogP contribution in [0, 0.1) is 0 Å². The minimum Gasteiger partial charge on any atom is -0.369 e. The maximum atomic E-state index is 13.8. The largest absolute Gasteiger partial charge is 0.369 e. The van der Waals surface area contributed by atoms with E-state index in [2.05, 4.69) is 39.3 Å². The summed E-state index contributed by atoms with van der Waals surface area (Å²) in [7, 11) is -1.94. The van der Waals surface area contributed by atoms with Gasteiger partial charge in [-0.25, -0.2) is 13.4 Å². The average Bonchev–Trinajstić information content (AvgIpc) is 3.48. The van der Waals surface area contributed by atoms with E-state index in [1.165, 1.54) is 36.0 Å². The van der Waals surface area contributed by atoms with Crippen LogP contribution in [0.4, 0.5) is 17.3 Å². The van der Waals surface area contributed by atoms with Crippen molar-refractivity contribution in [1.29, 1.82) is 0 Å². The predicted molar refractivity (Wildman–Crippen MR) is 158 cm³/mol. The number of halogens is 1. The quantitative estimate of drug-likeness (QED) is 0.345. The van der Waals surface area contributed by atoms with E-state index in [0.717, 1.165) is 57.5 Å². The number of anilines is 3. The molecule has 11 heteroatoms. The number of rotatable bonds is 6. The summed E-state index contributed by atoms with van der Waals surface area (Å²) in [4.78, 5) is 27.4. The molecule has 3 heterocycles. The molecule has 4 aromatic rings. The lowest BCUT2D eigenvalue weighted by Gasteiger charge is -2.34. The molecule has 1 saturated carbocycles. The van der Waals surface area contributed by atoms with Crippen molar-refractivity contribution in [1.82, 2.24) is 19.4 Å². The first-order valence-electron chi connectivity index (χ1n) is 13.5. The van der Waals surface area contributed by atoms with Crippen molar-refractivity contribution >= 4 is 49.8 Å². The number of hydrogen-bond donors (Lipinski definition) is 1. The number of pyridine rings is 1. The summed E-state index contributed by atoms with van der Waals surface area (Å²) in [5.74, 6) is 0.347. The third-order valence-corrected chi connectivity index (χ3v) is 9.85. The normalized spacial score (nSPS) is 17.0. The third kappa shape index (κ3) is 5.18. The van der Waals surface area contributed by atoms with Gasteiger partial charge in [0.15, 0.2) is 0 Å². The Balaban J connectivity index is 1.36. The fourth-order valence-corrected chi connectivity index (χ4v) is 7.02. The maximum Gasteiger partial charge on any atom is 0.271 e. The van der Waals surface area contributed by atoms with E-state index >= 15 is 0 Å². The molecule has 9 nitrogen and oxygen atoms in total. The van der Waals surface area contributed by atoms with Crippen molar-refractivity contribution in [2.75, 3.05) is 43.4 Å². The number of benzene rings is 2. The minimum absolute atomic E-state index is 0.0190. The molecule has 0 amide bonds. The number of aromatic nitrogens is 3. The number of nitrogens with zero attached hydrogens (tertiary/aromatic N) is 5. The van der Waals surface area contributed by atoms with Gasteiger partial charge >= 0.3 is 0 Å². The predicted octanol–water partition coefficient (Wildman–Crippen LogP) is 4.89. The van der Waals surface area contributed by atoms with Crippen LogP contribution in [0.15, 0.2) is 75.4 Å². The molecule has 6 rings (SSSR count). The Kier molecular flexibility index (Phi) is 7.24. The van der Waals surface area contributed by atoms with Gasteiger partial charge in [0, 0.05) is 60.2 Å². The summed E-state index contributed by atoms with van der Waals surface area (Å²) in [6, 6.07) is 15.3. The van der Waals surface area contributed by atoms with E-state index in [-0.39, 0.29) is 15.8 Å². The summed E-state index contributed by atoms with van der Waals surface area (Å²) in [6.07, 6.45) is 5.11. The van der Waals surface area contributed by atoms with Gasteiger partial charge in [0.2, 0.25) is 15.8 Å².